The van der Waals surface area contributed by atoms with Crippen LogP contribution in [-0.2, 0) is 10.0 Å². The molecule has 0 aromatic heterocycles. The summed E-state index contributed by atoms with van der Waals surface area (Å²) in [7, 11) is -2.23. The Bertz CT molecular complexity index is 849. The number of nitrogens with one attached hydrogen (secondary N) is 2. The predicted octanol–water partition coefficient (Wildman–Crippen LogP) is 1.46. The van der Waals surface area contributed by atoms with Crippen LogP contribution in [0.5, 0.6) is 0 Å². The van der Waals surface area contributed by atoms with Crippen LogP contribution in [0.3, 0.4) is 0 Å². The van der Waals surface area contributed by atoms with Gasteiger partial charge < -0.3 is 10.6 Å². The number of hydrogen-bond donors (Lipinski definition) is 2. The summed E-state index contributed by atoms with van der Waals surface area (Å²) in [5.74, 6) is 0.186. The molecule has 6 nitrogen and oxygen atoms in total. The molecular formula is C18H21N3O3S. The van der Waals surface area contributed by atoms with Gasteiger partial charge in [-0.15, -0.1) is 0 Å². The molecule has 0 unspecified atom stereocenters. The highest BCUT2D eigenvalue weighted by molar-refractivity contribution is 7.92. The van der Waals surface area contributed by atoms with Crippen molar-refractivity contribution in [1.82, 2.24) is 10.6 Å². The number of nitrogens with zero attached hydrogens (tertiary/aromatic N) is 1. The van der Waals surface area contributed by atoms with Gasteiger partial charge in [0, 0.05) is 38.2 Å². The Kier molecular flexibility index (Phi) is 5.06. The summed E-state index contributed by atoms with van der Waals surface area (Å²) >= 11 is 0. The summed E-state index contributed by atoms with van der Waals surface area (Å²) in [5, 5.41) is 6.00. The molecule has 25 heavy (non-hydrogen) atoms. The summed E-state index contributed by atoms with van der Waals surface area (Å²) in [6, 6.07) is 15.0. The molecule has 0 spiro atoms. The number of carbonyl (C=O) groups excluding carboxylic acids is 1. The minimum absolute atomic E-state index is 0.0943. The van der Waals surface area contributed by atoms with Crippen LogP contribution < -0.4 is 14.9 Å². The van der Waals surface area contributed by atoms with Gasteiger partial charge in [-0.25, -0.2) is 8.42 Å². The number of sulfonamides is 1. The van der Waals surface area contributed by atoms with E-state index in [-0.39, 0.29) is 10.8 Å². The normalized spacial score (nSPS) is 14.6. The van der Waals surface area contributed by atoms with E-state index in [1.807, 2.05) is 6.07 Å². The standard InChI is InChI=1S/C18H21N3O3S/c1-21(16-7-3-2-4-8-16)25(23,24)17-9-5-6-15(10-17)18(22)20-13-14-11-19-12-14/h2-10,14,19H,11-13H2,1H3,(H,20,22). The Morgan fingerprint density at radius 2 is 1.88 bits per heavy atom. The molecule has 0 atom stereocenters. The van der Waals surface area contributed by atoms with E-state index in [9.17, 15) is 13.2 Å². The fraction of sp³-hybridized carbons (Fsp3) is 0.278. The molecule has 1 saturated heterocycles. The first-order valence-electron chi connectivity index (χ1n) is 8.11. The maximum atomic E-state index is 12.8. The third kappa shape index (κ3) is 3.83. The van der Waals surface area contributed by atoms with Crippen molar-refractivity contribution in [2.45, 2.75) is 4.90 Å². The second-order valence-corrected chi connectivity index (χ2v) is 8.04. The van der Waals surface area contributed by atoms with Gasteiger partial charge in [0.1, 0.15) is 0 Å². The van der Waals surface area contributed by atoms with Crippen LogP contribution >= 0.6 is 0 Å². The van der Waals surface area contributed by atoms with Crippen molar-refractivity contribution in [2.75, 3.05) is 31.0 Å². The lowest BCUT2D eigenvalue weighted by atomic mass is 10.0. The first-order chi connectivity index (χ1) is 12.0. The zero-order valence-corrected chi connectivity index (χ0v) is 14.8. The first kappa shape index (κ1) is 17.4. The molecule has 7 heteroatoms. The number of hydrogen-bond acceptors (Lipinski definition) is 4. The van der Waals surface area contributed by atoms with Gasteiger partial charge in [-0.1, -0.05) is 24.3 Å². The highest BCUT2D eigenvalue weighted by Gasteiger charge is 2.23. The number of para-hydroxylation sites is 1. The topological polar surface area (TPSA) is 78.5 Å². The lowest BCUT2D eigenvalue weighted by Gasteiger charge is -2.27. The number of amides is 1. The third-order valence-corrected chi connectivity index (χ3v) is 6.07. The van der Waals surface area contributed by atoms with Crippen LogP contribution in [0.2, 0.25) is 0 Å². The molecule has 0 aliphatic carbocycles. The highest BCUT2D eigenvalue weighted by Crippen LogP contribution is 2.22. The van der Waals surface area contributed by atoms with Gasteiger partial charge in [-0.2, -0.15) is 0 Å². The predicted molar refractivity (Wildman–Crippen MR) is 97.2 cm³/mol. The average Bonchev–Trinajstić information content (AvgIpc) is 2.60. The Labute approximate surface area is 147 Å². The summed E-state index contributed by atoms with van der Waals surface area (Å²) in [4.78, 5) is 12.4. The SMILES string of the molecule is CN(c1ccccc1)S(=O)(=O)c1cccc(C(=O)NCC2CNC2)c1. The molecule has 1 aliphatic rings. The Morgan fingerprint density at radius 1 is 1.16 bits per heavy atom. The maximum Gasteiger partial charge on any atom is 0.264 e. The first-order valence-corrected chi connectivity index (χ1v) is 9.55. The average molecular weight is 359 g/mol. The van der Waals surface area contributed by atoms with Gasteiger partial charge in [-0.05, 0) is 30.3 Å². The quantitative estimate of drug-likeness (QED) is 0.819. The van der Waals surface area contributed by atoms with Gasteiger partial charge in [0.2, 0.25) is 0 Å². The van der Waals surface area contributed by atoms with Crippen molar-refractivity contribution >= 4 is 21.6 Å². The number of carbonyl (C=O) groups is 1. The van der Waals surface area contributed by atoms with E-state index in [1.54, 1.807) is 36.4 Å². The van der Waals surface area contributed by atoms with Gasteiger partial charge >= 0.3 is 0 Å². The molecule has 1 amide bonds. The maximum absolute atomic E-state index is 12.8. The van der Waals surface area contributed by atoms with E-state index < -0.39 is 10.0 Å². The molecule has 2 aromatic rings. The van der Waals surface area contributed by atoms with E-state index in [0.717, 1.165) is 13.1 Å². The van der Waals surface area contributed by atoms with E-state index in [0.29, 0.717) is 23.7 Å². The second-order valence-electron chi connectivity index (χ2n) is 6.07. The summed E-state index contributed by atoms with van der Waals surface area (Å²) in [6.45, 7) is 2.39. The Morgan fingerprint density at radius 3 is 2.52 bits per heavy atom. The number of benzene rings is 2. The summed E-state index contributed by atoms with van der Waals surface area (Å²) in [5.41, 5.74) is 0.907. The lowest BCUT2D eigenvalue weighted by Crippen LogP contribution is -2.48. The van der Waals surface area contributed by atoms with Crippen molar-refractivity contribution in [3.8, 4) is 0 Å². The molecule has 132 valence electrons. The van der Waals surface area contributed by atoms with Crippen molar-refractivity contribution in [2.24, 2.45) is 5.92 Å². The minimum Gasteiger partial charge on any atom is -0.352 e. The fourth-order valence-corrected chi connectivity index (χ4v) is 3.81. The molecule has 0 saturated carbocycles. The van der Waals surface area contributed by atoms with Crippen LogP contribution in [0, 0.1) is 5.92 Å². The molecule has 0 radical (unpaired) electrons. The van der Waals surface area contributed by atoms with Gasteiger partial charge in [0.25, 0.3) is 15.9 Å². The molecule has 1 heterocycles. The van der Waals surface area contributed by atoms with Crippen molar-refractivity contribution < 1.29 is 13.2 Å². The molecule has 1 fully saturated rings. The Hall–Kier alpha value is -2.38. The second kappa shape index (κ2) is 7.25. The van der Waals surface area contributed by atoms with Gasteiger partial charge in [0.05, 0.1) is 10.6 Å². The van der Waals surface area contributed by atoms with E-state index in [1.165, 1.54) is 23.5 Å². The molecule has 2 N–H and O–H groups in total. The molecule has 1 aliphatic heterocycles. The van der Waals surface area contributed by atoms with Crippen LogP contribution in [-0.4, -0.2) is 41.0 Å². The zero-order valence-electron chi connectivity index (χ0n) is 14.0. The minimum atomic E-state index is -3.73. The smallest absolute Gasteiger partial charge is 0.264 e. The van der Waals surface area contributed by atoms with E-state index in [2.05, 4.69) is 10.6 Å². The number of anilines is 1. The van der Waals surface area contributed by atoms with Gasteiger partial charge in [0.15, 0.2) is 0 Å². The monoisotopic (exact) mass is 359 g/mol. The Balaban J connectivity index is 1.78. The number of rotatable bonds is 6. The van der Waals surface area contributed by atoms with Crippen molar-refractivity contribution in [3.05, 3.63) is 60.2 Å². The van der Waals surface area contributed by atoms with Crippen LogP contribution in [0.4, 0.5) is 5.69 Å². The van der Waals surface area contributed by atoms with Crippen LogP contribution in [0.25, 0.3) is 0 Å². The van der Waals surface area contributed by atoms with Gasteiger partial charge in [-0.3, -0.25) is 9.10 Å². The van der Waals surface area contributed by atoms with Crippen molar-refractivity contribution in [1.29, 1.82) is 0 Å². The largest absolute Gasteiger partial charge is 0.352 e. The molecule has 0 bridgehead atoms. The fourth-order valence-electron chi connectivity index (χ4n) is 2.56. The van der Waals surface area contributed by atoms with Crippen molar-refractivity contribution in [3.63, 3.8) is 0 Å². The van der Waals surface area contributed by atoms with E-state index in [4.69, 9.17) is 0 Å². The summed E-state index contributed by atoms with van der Waals surface area (Å²) in [6.07, 6.45) is 0. The van der Waals surface area contributed by atoms with Crippen LogP contribution in [0.1, 0.15) is 10.4 Å². The lowest BCUT2D eigenvalue weighted by molar-refractivity contribution is 0.0942. The molecule has 3 rings (SSSR count). The van der Waals surface area contributed by atoms with Crippen LogP contribution in [0.15, 0.2) is 59.5 Å². The van der Waals surface area contributed by atoms with E-state index >= 15 is 0 Å². The molecular weight excluding hydrogens is 338 g/mol. The molecule has 2 aromatic carbocycles. The summed E-state index contributed by atoms with van der Waals surface area (Å²) < 4.78 is 26.8. The zero-order chi connectivity index (χ0) is 17.9. The third-order valence-electron chi connectivity index (χ3n) is 4.29. The highest BCUT2D eigenvalue weighted by atomic mass is 32.2.